The van der Waals surface area contributed by atoms with Crippen LogP contribution >= 0.6 is 0 Å². The van der Waals surface area contributed by atoms with Crippen LogP contribution in [0.3, 0.4) is 0 Å². The molecule has 0 bridgehead atoms. The van der Waals surface area contributed by atoms with Crippen molar-refractivity contribution in [2.24, 2.45) is 0 Å². The van der Waals surface area contributed by atoms with Crippen LogP contribution in [0.1, 0.15) is 32.1 Å². The van der Waals surface area contributed by atoms with Crippen LogP contribution in [0.25, 0.3) is 11.5 Å². The first-order valence-electron chi connectivity index (χ1n) is 4.97. The van der Waals surface area contributed by atoms with Crippen LogP contribution in [0.4, 0.5) is 0 Å². The van der Waals surface area contributed by atoms with Gasteiger partial charge in [0, 0.05) is 5.56 Å². The standard InChI is InChI=1S/C11H10N4O2/c1-6-3-12-15-11(13-6)10-8(4-16)7(2)9(5-17)14-10/h3-5,14H,1-2H3. The van der Waals surface area contributed by atoms with Crippen molar-refractivity contribution in [3.05, 3.63) is 28.7 Å². The third-order valence-electron chi connectivity index (χ3n) is 2.48. The van der Waals surface area contributed by atoms with Crippen molar-refractivity contribution in [1.29, 1.82) is 0 Å². The third-order valence-corrected chi connectivity index (χ3v) is 2.48. The molecule has 0 fully saturated rings. The number of carbonyl (C=O) groups excluding carboxylic acids is 2. The molecule has 2 heterocycles. The Kier molecular flexibility index (Phi) is 2.78. The number of aromatic nitrogens is 4. The second-order valence-corrected chi connectivity index (χ2v) is 3.61. The Hall–Kier alpha value is -2.37. The van der Waals surface area contributed by atoms with Gasteiger partial charge >= 0.3 is 0 Å². The normalized spacial score (nSPS) is 10.2. The van der Waals surface area contributed by atoms with Crippen molar-refractivity contribution in [2.75, 3.05) is 0 Å². The summed E-state index contributed by atoms with van der Waals surface area (Å²) in [7, 11) is 0. The molecular weight excluding hydrogens is 220 g/mol. The van der Waals surface area contributed by atoms with E-state index in [1.54, 1.807) is 13.8 Å². The number of aromatic amines is 1. The molecule has 1 N–H and O–H groups in total. The number of nitrogens with one attached hydrogen (secondary N) is 1. The number of aldehydes is 2. The summed E-state index contributed by atoms with van der Waals surface area (Å²) in [5.41, 5.74) is 2.45. The SMILES string of the molecule is Cc1cnnc(-c2[nH]c(C=O)c(C)c2C=O)n1. The van der Waals surface area contributed by atoms with Crippen LogP contribution in [-0.4, -0.2) is 32.7 Å². The molecule has 0 aliphatic heterocycles. The molecule has 0 unspecified atom stereocenters. The van der Waals surface area contributed by atoms with Crippen molar-refractivity contribution in [3.8, 4) is 11.5 Å². The molecule has 6 nitrogen and oxygen atoms in total. The van der Waals surface area contributed by atoms with E-state index < -0.39 is 0 Å². The largest absolute Gasteiger partial charge is 0.349 e. The van der Waals surface area contributed by atoms with Crippen LogP contribution in [0.2, 0.25) is 0 Å². The maximum Gasteiger partial charge on any atom is 0.199 e. The number of aryl methyl sites for hydroxylation is 1. The fraction of sp³-hybridized carbons (Fsp3) is 0.182. The molecule has 0 amide bonds. The molecule has 0 spiro atoms. The van der Waals surface area contributed by atoms with E-state index in [9.17, 15) is 9.59 Å². The quantitative estimate of drug-likeness (QED) is 0.798. The lowest BCUT2D eigenvalue weighted by Crippen LogP contribution is -1.96. The van der Waals surface area contributed by atoms with E-state index in [1.807, 2.05) is 0 Å². The Morgan fingerprint density at radius 3 is 2.59 bits per heavy atom. The molecule has 2 aromatic heterocycles. The minimum absolute atomic E-state index is 0.309. The molecular formula is C11H10N4O2. The molecule has 0 saturated carbocycles. The fourth-order valence-electron chi connectivity index (χ4n) is 1.56. The first-order chi connectivity index (χ1) is 8.17. The highest BCUT2D eigenvalue weighted by molar-refractivity contribution is 5.91. The van der Waals surface area contributed by atoms with Gasteiger partial charge in [-0.25, -0.2) is 4.98 Å². The summed E-state index contributed by atoms with van der Waals surface area (Å²) in [6, 6.07) is 0. The Balaban J connectivity index is 2.66. The van der Waals surface area contributed by atoms with Gasteiger partial charge in [-0.05, 0) is 19.4 Å². The van der Waals surface area contributed by atoms with E-state index in [-0.39, 0.29) is 0 Å². The Morgan fingerprint density at radius 2 is 2.00 bits per heavy atom. The van der Waals surface area contributed by atoms with E-state index in [2.05, 4.69) is 20.2 Å². The predicted molar refractivity (Wildman–Crippen MR) is 59.9 cm³/mol. The van der Waals surface area contributed by atoms with Crippen LogP contribution in [0.15, 0.2) is 6.20 Å². The van der Waals surface area contributed by atoms with Crippen LogP contribution in [0, 0.1) is 13.8 Å². The van der Waals surface area contributed by atoms with Crippen LogP contribution < -0.4 is 0 Å². The summed E-state index contributed by atoms with van der Waals surface area (Å²) in [5, 5.41) is 7.60. The van der Waals surface area contributed by atoms with Gasteiger partial charge in [-0.1, -0.05) is 0 Å². The molecule has 0 saturated heterocycles. The zero-order chi connectivity index (χ0) is 12.4. The van der Waals surface area contributed by atoms with E-state index in [1.165, 1.54) is 6.20 Å². The Labute approximate surface area is 97.1 Å². The van der Waals surface area contributed by atoms with Gasteiger partial charge in [-0.15, -0.1) is 5.10 Å². The molecule has 17 heavy (non-hydrogen) atoms. The predicted octanol–water partition coefficient (Wildman–Crippen LogP) is 1.11. The lowest BCUT2D eigenvalue weighted by Gasteiger charge is -1.98. The zero-order valence-corrected chi connectivity index (χ0v) is 9.39. The van der Waals surface area contributed by atoms with Crippen molar-refractivity contribution in [1.82, 2.24) is 20.2 Å². The lowest BCUT2D eigenvalue weighted by molar-refractivity contribution is 0.111. The topological polar surface area (TPSA) is 88.6 Å². The summed E-state index contributed by atoms with van der Waals surface area (Å²) in [6.45, 7) is 3.46. The summed E-state index contributed by atoms with van der Waals surface area (Å²) in [5.74, 6) is 0.309. The lowest BCUT2D eigenvalue weighted by atomic mass is 10.1. The average Bonchev–Trinajstić information content (AvgIpc) is 2.65. The number of carbonyl (C=O) groups is 2. The van der Waals surface area contributed by atoms with Gasteiger partial charge < -0.3 is 4.98 Å². The molecule has 0 atom stereocenters. The second-order valence-electron chi connectivity index (χ2n) is 3.61. The fourth-order valence-corrected chi connectivity index (χ4v) is 1.56. The van der Waals surface area contributed by atoms with Crippen molar-refractivity contribution >= 4 is 12.6 Å². The average molecular weight is 230 g/mol. The maximum absolute atomic E-state index is 11.0. The van der Waals surface area contributed by atoms with E-state index in [0.29, 0.717) is 46.6 Å². The number of hydrogen-bond acceptors (Lipinski definition) is 5. The Morgan fingerprint density at radius 1 is 1.24 bits per heavy atom. The molecule has 0 radical (unpaired) electrons. The minimum Gasteiger partial charge on any atom is -0.349 e. The van der Waals surface area contributed by atoms with Crippen molar-refractivity contribution in [3.63, 3.8) is 0 Å². The molecule has 6 heteroatoms. The van der Waals surface area contributed by atoms with Gasteiger partial charge in [0.15, 0.2) is 18.4 Å². The van der Waals surface area contributed by atoms with Gasteiger partial charge in [0.05, 0.1) is 23.3 Å². The number of nitrogens with zero attached hydrogens (tertiary/aromatic N) is 3. The first kappa shape index (κ1) is 11.1. The van der Waals surface area contributed by atoms with Crippen LogP contribution in [0.5, 0.6) is 0 Å². The highest BCUT2D eigenvalue weighted by Gasteiger charge is 2.16. The minimum atomic E-state index is 0.309. The molecule has 0 aliphatic rings. The summed E-state index contributed by atoms with van der Waals surface area (Å²) in [6.07, 6.45) is 2.86. The number of hydrogen-bond donors (Lipinski definition) is 1. The molecule has 0 aliphatic carbocycles. The van der Waals surface area contributed by atoms with Gasteiger partial charge in [0.25, 0.3) is 0 Å². The molecule has 2 aromatic rings. The summed E-state index contributed by atoms with van der Waals surface area (Å²) < 4.78 is 0. The molecule has 2 rings (SSSR count). The van der Waals surface area contributed by atoms with E-state index in [0.717, 1.165) is 0 Å². The van der Waals surface area contributed by atoms with E-state index in [4.69, 9.17) is 0 Å². The smallest absolute Gasteiger partial charge is 0.199 e. The van der Waals surface area contributed by atoms with Crippen molar-refractivity contribution < 1.29 is 9.59 Å². The van der Waals surface area contributed by atoms with Crippen LogP contribution in [-0.2, 0) is 0 Å². The first-order valence-corrected chi connectivity index (χ1v) is 4.97. The monoisotopic (exact) mass is 230 g/mol. The highest BCUT2D eigenvalue weighted by Crippen LogP contribution is 2.22. The molecule has 0 aromatic carbocycles. The molecule has 86 valence electrons. The highest BCUT2D eigenvalue weighted by atomic mass is 16.1. The van der Waals surface area contributed by atoms with Gasteiger partial charge in [0.1, 0.15) is 0 Å². The van der Waals surface area contributed by atoms with Gasteiger partial charge in [0.2, 0.25) is 0 Å². The zero-order valence-electron chi connectivity index (χ0n) is 9.39. The summed E-state index contributed by atoms with van der Waals surface area (Å²) >= 11 is 0. The Bertz CT molecular complexity index is 589. The van der Waals surface area contributed by atoms with Crippen molar-refractivity contribution in [2.45, 2.75) is 13.8 Å². The number of H-pyrrole nitrogens is 1. The van der Waals surface area contributed by atoms with Gasteiger partial charge in [-0.3, -0.25) is 9.59 Å². The van der Waals surface area contributed by atoms with Gasteiger partial charge in [-0.2, -0.15) is 5.10 Å². The second kappa shape index (κ2) is 4.25. The summed E-state index contributed by atoms with van der Waals surface area (Å²) in [4.78, 5) is 28.8. The third kappa shape index (κ3) is 1.84. The maximum atomic E-state index is 11.0. The number of rotatable bonds is 3. The van der Waals surface area contributed by atoms with E-state index >= 15 is 0 Å².